The van der Waals surface area contributed by atoms with Crippen molar-refractivity contribution in [2.45, 2.75) is 26.7 Å². The molecule has 3 heteroatoms. The lowest BCUT2D eigenvalue weighted by molar-refractivity contribution is -0.124. The van der Waals surface area contributed by atoms with Gasteiger partial charge in [0.1, 0.15) is 0 Å². The molecule has 0 aliphatic heterocycles. The van der Waals surface area contributed by atoms with Gasteiger partial charge in [-0.05, 0) is 31.2 Å². The van der Waals surface area contributed by atoms with Crippen molar-refractivity contribution in [2.75, 3.05) is 13.1 Å². The van der Waals surface area contributed by atoms with E-state index in [9.17, 15) is 4.79 Å². The SMILES string of the molecule is CC(CCN)C(=O)NCC1CC1C. The number of amides is 1. The molecule has 0 aromatic rings. The first-order valence-electron chi connectivity index (χ1n) is 5.13. The average Bonchev–Trinajstić information content (AvgIpc) is 2.78. The minimum Gasteiger partial charge on any atom is -0.356 e. The van der Waals surface area contributed by atoms with Crippen LogP contribution in [-0.2, 0) is 4.79 Å². The van der Waals surface area contributed by atoms with Gasteiger partial charge in [0.2, 0.25) is 5.91 Å². The van der Waals surface area contributed by atoms with E-state index in [2.05, 4.69) is 12.2 Å². The van der Waals surface area contributed by atoms with E-state index in [1.165, 1.54) is 6.42 Å². The molecule has 0 radical (unpaired) electrons. The molecule has 76 valence electrons. The molecule has 3 nitrogen and oxygen atoms in total. The van der Waals surface area contributed by atoms with Crippen LogP contribution in [0.15, 0.2) is 0 Å². The van der Waals surface area contributed by atoms with E-state index in [1.807, 2.05) is 6.92 Å². The first kappa shape index (κ1) is 10.5. The Hall–Kier alpha value is -0.570. The lowest BCUT2D eigenvalue weighted by Gasteiger charge is -2.10. The van der Waals surface area contributed by atoms with Gasteiger partial charge in [-0.2, -0.15) is 0 Å². The van der Waals surface area contributed by atoms with Crippen LogP contribution in [0.3, 0.4) is 0 Å². The summed E-state index contributed by atoms with van der Waals surface area (Å²) in [5, 5.41) is 2.97. The highest BCUT2D eigenvalue weighted by atomic mass is 16.1. The van der Waals surface area contributed by atoms with Crippen LogP contribution >= 0.6 is 0 Å². The van der Waals surface area contributed by atoms with E-state index in [4.69, 9.17) is 5.73 Å². The van der Waals surface area contributed by atoms with Gasteiger partial charge >= 0.3 is 0 Å². The van der Waals surface area contributed by atoms with Crippen LogP contribution in [-0.4, -0.2) is 19.0 Å². The van der Waals surface area contributed by atoms with Crippen molar-refractivity contribution in [1.82, 2.24) is 5.32 Å². The van der Waals surface area contributed by atoms with Gasteiger partial charge in [-0.15, -0.1) is 0 Å². The molecule has 0 spiro atoms. The Morgan fingerprint density at radius 2 is 2.31 bits per heavy atom. The molecule has 1 rings (SSSR count). The number of carbonyl (C=O) groups excluding carboxylic acids is 1. The summed E-state index contributed by atoms with van der Waals surface area (Å²) in [7, 11) is 0. The maximum absolute atomic E-state index is 11.4. The van der Waals surface area contributed by atoms with Gasteiger partial charge in [-0.25, -0.2) is 0 Å². The number of carbonyl (C=O) groups is 1. The summed E-state index contributed by atoms with van der Waals surface area (Å²) in [6.45, 7) is 5.60. The Bertz CT molecular complexity index is 182. The van der Waals surface area contributed by atoms with Crippen LogP contribution in [0.2, 0.25) is 0 Å². The highest BCUT2D eigenvalue weighted by Gasteiger charge is 2.32. The Balaban J connectivity index is 2.09. The number of nitrogens with one attached hydrogen (secondary N) is 1. The second kappa shape index (κ2) is 4.61. The van der Waals surface area contributed by atoms with Crippen LogP contribution in [0, 0.1) is 17.8 Å². The zero-order valence-corrected chi connectivity index (χ0v) is 8.55. The third-order valence-electron chi connectivity index (χ3n) is 2.86. The second-order valence-electron chi connectivity index (χ2n) is 4.20. The third kappa shape index (κ3) is 3.35. The van der Waals surface area contributed by atoms with Gasteiger partial charge in [-0.1, -0.05) is 13.8 Å². The zero-order chi connectivity index (χ0) is 9.84. The molecular formula is C10H20N2O. The molecule has 1 fully saturated rings. The lowest BCUT2D eigenvalue weighted by atomic mass is 10.1. The van der Waals surface area contributed by atoms with Crippen molar-refractivity contribution in [3.8, 4) is 0 Å². The molecule has 0 heterocycles. The summed E-state index contributed by atoms with van der Waals surface area (Å²) < 4.78 is 0. The molecule has 1 aliphatic rings. The minimum atomic E-state index is 0.0686. The van der Waals surface area contributed by atoms with Crippen LogP contribution in [0.4, 0.5) is 0 Å². The molecule has 0 bridgehead atoms. The maximum atomic E-state index is 11.4. The van der Waals surface area contributed by atoms with Crippen molar-refractivity contribution < 1.29 is 4.79 Å². The molecule has 3 atom stereocenters. The molecule has 3 N–H and O–H groups in total. The molecule has 13 heavy (non-hydrogen) atoms. The Kier molecular flexibility index (Phi) is 3.72. The number of nitrogens with two attached hydrogens (primary N) is 1. The van der Waals surface area contributed by atoms with E-state index in [1.54, 1.807) is 0 Å². The molecule has 0 aromatic heterocycles. The van der Waals surface area contributed by atoms with E-state index in [0.29, 0.717) is 6.54 Å². The zero-order valence-electron chi connectivity index (χ0n) is 8.55. The van der Waals surface area contributed by atoms with Gasteiger partial charge in [0.25, 0.3) is 0 Å². The van der Waals surface area contributed by atoms with Gasteiger partial charge in [-0.3, -0.25) is 4.79 Å². The van der Waals surface area contributed by atoms with Crippen LogP contribution < -0.4 is 11.1 Å². The third-order valence-corrected chi connectivity index (χ3v) is 2.86. The largest absolute Gasteiger partial charge is 0.356 e. The summed E-state index contributed by atoms with van der Waals surface area (Å²) in [5.74, 6) is 1.77. The van der Waals surface area contributed by atoms with Crippen LogP contribution in [0.1, 0.15) is 26.7 Å². The molecular weight excluding hydrogens is 164 g/mol. The average molecular weight is 184 g/mol. The predicted molar refractivity (Wildman–Crippen MR) is 53.1 cm³/mol. The quantitative estimate of drug-likeness (QED) is 0.662. The van der Waals surface area contributed by atoms with Crippen molar-refractivity contribution in [1.29, 1.82) is 0 Å². The summed E-state index contributed by atoms with van der Waals surface area (Å²) in [6.07, 6.45) is 2.05. The lowest BCUT2D eigenvalue weighted by Crippen LogP contribution is -2.32. The Morgan fingerprint density at radius 1 is 1.69 bits per heavy atom. The van der Waals surface area contributed by atoms with Crippen LogP contribution in [0.25, 0.3) is 0 Å². The fourth-order valence-electron chi connectivity index (χ4n) is 1.47. The van der Waals surface area contributed by atoms with Gasteiger partial charge in [0.15, 0.2) is 0 Å². The molecule has 0 aromatic carbocycles. The monoisotopic (exact) mass is 184 g/mol. The van der Waals surface area contributed by atoms with E-state index in [0.717, 1.165) is 24.8 Å². The van der Waals surface area contributed by atoms with Crippen molar-refractivity contribution in [2.24, 2.45) is 23.5 Å². The molecule has 1 amide bonds. The first-order chi connectivity index (χ1) is 6.15. The molecule has 0 saturated heterocycles. The summed E-state index contributed by atoms with van der Waals surface area (Å²) in [5.41, 5.74) is 5.38. The topological polar surface area (TPSA) is 55.1 Å². The fourth-order valence-corrected chi connectivity index (χ4v) is 1.47. The number of hydrogen-bond acceptors (Lipinski definition) is 2. The van der Waals surface area contributed by atoms with Crippen molar-refractivity contribution >= 4 is 5.91 Å². The van der Waals surface area contributed by atoms with E-state index < -0.39 is 0 Å². The second-order valence-corrected chi connectivity index (χ2v) is 4.20. The van der Waals surface area contributed by atoms with Gasteiger partial charge in [0.05, 0.1) is 0 Å². The number of hydrogen-bond donors (Lipinski definition) is 2. The maximum Gasteiger partial charge on any atom is 0.222 e. The van der Waals surface area contributed by atoms with Crippen molar-refractivity contribution in [3.05, 3.63) is 0 Å². The smallest absolute Gasteiger partial charge is 0.222 e. The number of rotatable bonds is 5. The van der Waals surface area contributed by atoms with Crippen LogP contribution in [0.5, 0.6) is 0 Å². The molecule has 3 unspecified atom stereocenters. The van der Waals surface area contributed by atoms with Gasteiger partial charge in [0, 0.05) is 12.5 Å². The van der Waals surface area contributed by atoms with Crippen molar-refractivity contribution in [3.63, 3.8) is 0 Å². The highest BCUT2D eigenvalue weighted by Crippen LogP contribution is 2.36. The minimum absolute atomic E-state index is 0.0686. The Labute approximate surface area is 80.1 Å². The summed E-state index contributed by atoms with van der Waals surface area (Å²) >= 11 is 0. The standard InChI is InChI=1S/C10H20N2O/c1-7(3-4-11)10(13)12-6-9-5-8(9)2/h7-9H,3-6,11H2,1-2H3,(H,12,13). The first-order valence-corrected chi connectivity index (χ1v) is 5.13. The van der Waals surface area contributed by atoms with E-state index >= 15 is 0 Å². The molecule has 1 aliphatic carbocycles. The van der Waals surface area contributed by atoms with E-state index in [-0.39, 0.29) is 11.8 Å². The fraction of sp³-hybridized carbons (Fsp3) is 0.900. The van der Waals surface area contributed by atoms with Gasteiger partial charge < -0.3 is 11.1 Å². The Morgan fingerprint density at radius 3 is 2.77 bits per heavy atom. The normalized spacial score (nSPS) is 28.2. The summed E-state index contributed by atoms with van der Waals surface area (Å²) in [4.78, 5) is 11.4. The predicted octanol–water partition coefficient (Wildman–Crippen LogP) is 0.743. The highest BCUT2D eigenvalue weighted by molar-refractivity contribution is 5.78. The molecule has 1 saturated carbocycles. The summed E-state index contributed by atoms with van der Waals surface area (Å²) in [6, 6.07) is 0.